The number of benzene rings is 2. The van der Waals surface area contributed by atoms with Crippen molar-refractivity contribution < 1.29 is 9.13 Å². The Bertz CT molecular complexity index is 613. The molecule has 0 aliphatic rings. The third-order valence-electron chi connectivity index (χ3n) is 2.91. The molecule has 2 aromatic rings. The summed E-state index contributed by atoms with van der Waals surface area (Å²) >= 11 is 3.31. The Morgan fingerprint density at radius 2 is 1.95 bits per heavy atom. The average molecular weight is 338 g/mol. The van der Waals surface area contributed by atoms with Crippen LogP contribution >= 0.6 is 15.9 Å². The molecule has 2 aromatic carbocycles. The minimum absolute atomic E-state index is 0.115. The molecule has 0 fully saturated rings. The molecule has 2 rings (SSSR count). The molecule has 0 bridgehead atoms. The SMILES string of the molecule is Cc1cc(CC(C)N)ccc1Oc1cc(Br)ccc1F. The standard InChI is InChI=1S/C16H17BrFNO/c1-10-7-12(8-11(2)19)3-6-15(10)20-16-9-13(17)4-5-14(16)18/h3-7,9,11H,8,19H2,1-2H3. The summed E-state index contributed by atoms with van der Waals surface area (Å²) in [6, 6.07) is 10.6. The molecule has 2 nitrogen and oxygen atoms in total. The number of aryl methyl sites for hydroxylation is 1. The van der Waals surface area contributed by atoms with Gasteiger partial charge in [-0.2, -0.15) is 0 Å². The third-order valence-corrected chi connectivity index (χ3v) is 3.40. The fraction of sp³-hybridized carbons (Fsp3) is 0.250. The Hall–Kier alpha value is -1.39. The monoisotopic (exact) mass is 337 g/mol. The number of nitrogens with two attached hydrogens (primary N) is 1. The maximum Gasteiger partial charge on any atom is 0.165 e. The van der Waals surface area contributed by atoms with E-state index < -0.39 is 0 Å². The van der Waals surface area contributed by atoms with E-state index in [0.717, 1.165) is 22.0 Å². The van der Waals surface area contributed by atoms with Gasteiger partial charge < -0.3 is 10.5 Å². The first-order valence-electron chi connectivity index (χ1n) is 6.43. The first-order valence-corrected chi connectivity index (χ1v) is 7.23. The van der Waals surface area contributed by atoms with Crippen molar-refractivity contribution in [3.05, 3.63) is 57.8 Å². The molecule has 2 N–H and O–H groups in total. The average Bonchev–Trinajstić information content (AvgIpc) is 2.36. The summed E-state index contributed by atoms with van der Waals surface area (Å²) in [4.78, 5) is 0. The van der Waals surface area contributed by atoms with Crippen LogP contribution in [-0.2, 0) is 6.42 Å². The van der Waals surface area contributed by atoms with E-state index in [4.69, 9.17) is 10.5 Å². The Kier molecular flexibility index (Phi) is 4.78. The summed E-state index contributed by atoms with van der Waals surface area (Å²) < 4.78 is 20.1. The van der Waals surface area contributed by atoms with Crippen molar-refractivity contribution in [2.75, 3.05) is 0 Å². The molecule has 0 spiro atoms. The lowest BCUT2D eigenvalue weighted by Crippen LogP contribution is -2.17. The lowest BCUT2D eigenvalue weighted by molar-refractivity contribution is 0.439. The molecule has 0 aliphatic carbocycles. The van der Waals surface area contributed by atoms with Crippen LogP contribution in [-0.4, -0.2) is 6.04 Å². The quantitative estimate of drug-likeness (QED) is 0.886. The van der Waals surface area contributed by atoms with Crippen LogP contribution in [0.3, 0.4) is 0 Å². The molecule has 0 aliphatic heterocycles. The van der Waals surface area contributed by atoms with E-state index in [1.54, 1.807) is 12.1 Å². The largest absolute Gasteiger partial charge is 0.454 e. The van der Waals surface area contributed by atoms with Gasteiger partial charge in [0.15, 0.2) is 11.6 Å². The molecule has 0 saturated carbocycles. The summed E-state index contributed by atoms with van der Waals surface area (Å²) in [5, 5.41) is 0. The summed E-state index contributed by atoms with van der Waals surface area (Å²) in [5.41, 5.74) is 7.90. The molecular formula is C16H17BrFNO. The Morgan fingerprint density at radius 3 is 2.60 bits per heavy atom. The van der Waals surface area contributed by atoms with Gasteiger partial charge in [0.2, 0.25) is 0 Å². The van der Waals surface area contributed by atoms with Crippen LogP contribution < -0.4 is 10.5 Å². The number of rotatable bonds is 4. The second kappa shape index (κ2) is 6.37. The highest BCUT2D eigenvalue weighted by atomic mass is 79.9. The number of ether oxygens (including phenoxy) is 1. The Labute approximate surface area is 126 Å². The highest BCUT2D eigenvalue weighted by molar-refractivity contribution is 9.10. The van der Waals surface area contributed by atoms with E-state index in [2.05, 4.69) is 15.9 Å². The minimum Gasteiger partial charge on any atom is -0.454 e. The molecule has 20 heavy (non-hydrogen) atoms. The third kappa shape index (κ3) is 3.81. The van der Waals surface area contributed by atoms with Crippen LogP contribution in [0.1, 0.15) is 18.1 Å². The lowest BCUT2D eigenvalue weighted by atomic mass is 10.0. The zero-order valence-electron chi connectivity index (χ0n) is 11.5. The molecule has 106 valence electrons. The molecule has 0 amide bonds. The highest BCUT2D eigenvalue weighted by Crippen LogP contribution is 2.30. The van der Waals surface area contributed by atoms with Crippen molar-refractivity contribution >= 4 is 15.9 Å². The second-order valence-corrected chi connectivity index (χ2v) is 5.87. The van der Waals surface area contributed by atoms with Gasteiger partial charge in [-0.05, 0) is 55.7 Å². The van der Waals surface area contributed by atoms with Gasteiger partial charge in [-0.25, -0.2) is 4.39 Å². The van der Waals surface area contributed by atoms with Gasteiger partial charge in [-0.15, -0.1) is 0 Å². The maximum atomic E-state index is 13.7. The highest BCUT2D eigenvalue weighted by Gasteiger charge is 2.08. The summed E-state index contributed by atoms with van der Waals surface area (Å²) in [5.74, 6) is 0.477. The van der Waals surface area contributed by atoms with E-state index in [1.807, 2.05) is 32.0 Å². The predicted molar refractivity (Wildman–Crippen MR) is 82.7 cm³/mol. The normalized spacial score (nSPS) is 12.2. The molecule has 0 saturated heterocycles. The zero-order chi connectivity index (χ0) is 14.7. The van der Waals surface area contributed by atoms with Crippen LogP contribution in [0.25, 0.3) is 0 Å². The van der Waals surface area contributed by atoms with E-state index >= 15 is 0 Å². The minimum atomic E-state index is -0.382. The predicted octanol–water partition coefficient (Wildman–Crippen LogP) is 4.58. The Morgan fingerprint density at radius 1 is 1.20 bits per heavy atom. The van der Waals surface area contributed by atoms with E-state index in [-0.39, 0.29) is 17.6 Å². The van der Waals surface area contributed by atoms with Crippen molar-refractivity contribution in [3.63, 3.8) is 0 Å². The van der Waals surface area contributed by atoms with Crippen LogP contribution in [0.4, 0.5) is 4.39 Å². The van der Waals surface area contributed by atoms with Crippen LogP contribution in [0.5, 0.6) is 11.5 Å². The van der Waals surface area contributed by atoms with Gasteiger partial charge in [0.05, 0.1) is 0 Å². The van der Waals surface area contributed by atoms with Gasteiger partial charge in [-0.1, -0.05) is 28.1 Å². The smallest absolute Gasteiger partial charge is 0.165 e. The van der Waals surface area contributed by atoms with Crippen molar-refractivity contribution in [2.45, 2.75) is 26.3 Å². The number of halogens is 2. The molecule has 1 atom stereocenters. The van der Waals surface area contributed by atoms with Crippen molar-refractivity contribution in [1.29, 1.82) is 0 Å². The zero-order valence-corrected chi connectivity index (χ0v) is 13.1. The van der Waals surface area contributed by atoms with Crippen LogP contribution in [0.15, 0.2) is 40.9 Å². The summed E-state index contributed by atoms with van der Waals surface area (Å²) in [7, 11) is 0. The van der Waals surface area contributed by atoms with E-state index in [0.29, 0.717) is 5.75 Å². The van der Waals surface area contributed by atoms with E-state index in [9.17, 15) is 4.39 Å². The first kappa shape index (κ1) is 15.0. The summed E-state index contributed by atoms with van der Waals surface area (Å²) in [6.45, 7) is 3.91. The molecule has 0 heterocycles. The Balaban J connectivity index is 2.23. The van der Waals surface area contributed by atoms with Crippen molar-refractivity contribution in [1.82, 2.24) is 0 Å². The summed E-state index contributed by atoms with van der Waals surface area (Å²) in [6.07, 6.45) is 0.812. The van der Waals surface area contributed by atoms with Crippen molar-refractivity contribution in [3.8, 4) is 11.5 Å². The lowest BCUT2D eigenvalue weighted by Gasteiger charge is -2.12. The van der Waals surface area contributed by atoms with Crippen LogP contribution in [0, 0.1) is 12.7 Å². The number of hydrogen-bond donors (Lipinski definition) is 1. The number of hydrogen-bond acceptors (Lipinski definition) is 2. The molecule has 1 unspecified atom stereocenters. The van der Waals surface area contributed by atoms with Crippen LogP contribution in [0.2, 0.25) is 0 Å². The molecule has 0 radical (unpaired) electrons. The second-order valence-electron chi connectivity index (χ2n) is 4.96. The topological polar surface area (TPSA) is 35.2 Å². The van der Waals surface area contributed by atoms with Gasteiger partial charge in [0.25, 0.3) is 0 Å². The fourth-order valence-corrected chi connectivity index (χ4v) is 2.34. The van der Waals surface area contributed by atoms with Gasteiger partial charge in [-0.3, -0.25) is 0 Å². The molecular weight excluding hydrogens is 321 g/mol. The fourth-order valence-electron chi connectivity index (χ4n) is 2.00. The van der Waals surface area contributed by atoms with Gasteiger partial charge in [0, 0.05) is 10.5 Å². The van der Waals surface area contributed by atoms with Gasteiger partial charge >= 0.3 is 0 Å². The van der Waals surface area contributed by atoms with Gasteiger partial charge in [0.1, 0.15) is 5.75 Å². The van der Waals surface area contributed by atoms with Crippen molar-refractivity contribution in [2.24, 2.45) is 5.73 Å². The molecule has 0 aromatic heterocycles. The first-order chi connectivity index (χ1) is 9.45. The maximum absolute atomic E-state index is 13.7. The van der Waals surface area contributed by atoms with E-state index in [1.165, 1.54) is 6.07 Å². The molecule has 4 heteroatoms.